The van der Waals surface area contributed by atoms with Crippen LogP contribution in [0.5, 0.6) is 5.75 Å². The predicted molar refractivity (Wildman–Crippen MR) is 61.6 cm³/mol. The summed E-state index contributed by atoms with van der Waals surface area (Å²) in [6.07, 6.45) is 2.00. The monoisotopic (exact) mass is 197 g/mol. The molecule has 0 bridgehead atoms. The van der Waals surface area contributed by atoms with E-state index in [-0.39, 0.29) is 0 Å². The average Bonchev–Trinajstić information content (AvgIpc) is 2.29. The summed E-state index contributed by atoms with van der Waals surface area (Å²) in [5, 5.41) is 2.41. The highest BCUT2D eigenvalue weighted by molar-refractivity contribution is 5.93. The van der Waals surface area contributed by atoms with E-state index in [1.54, 1.807) is 0 Å². The van der Waals surface area contributed by atoms with Crippen LogP contribution in [0, 0.1) is 0 Å². The first-order valence-electron chi connectivity index (χ1n) is 4.95. The third-order valence-corrected chi connectivity index (χ3v) is 2.65. The number of fused-ring (bicyclic) bond motifs is 3. The molecule has 3 rings (SSSR count). The SMILES string of the molecule is NC1=Cc2c(ccc3ccccc23)OC1. The molecule has 0 aromatic heterocycles. The number of rotatable bonds is 0. The Morgan fingerprint density at radius 1 is 1.07 bits per heavy atom. The average molecular weight is 197 g/mol. The van der Waals surface area contributed by atoms with Crippen molar-refractivity contribution in [1.82, 2.24) is 0 Å². The standard InChI is InChI=1S/C13H11NO/c14-10-7-12-11-4-2-1-3-9(11)5-6-13(12)15-8-10/h1-7H,8,14H2. The molecular weight excluding hydrogens is 186 g/mol. The Bertz CT molecular complexity index is 557. The van der Waals surface area contributed by atoms with Crippen LogP contribution in [0.3, 0.4) is 0 Å². The number of hydrogen-bond donors (Lipinski definition) is 1. The minimum Gasteiger partial charge on any atom is -0.487 e. The van der Waals surface area contributed by atoms with Crippen molar-refractivity contribution in [3.8, 4) is 5.75 Å². The Morgan fingerprint density at radius 3 is 2.87 bits per heavy atom. The molecule has 1 aliphatic rings. The van der Waals surface area contributed by atoms with Gasteiger partial charge in [-0.15, -0.1) is 0 Å². The maximum atomic E-state index is 5.78. The van der Waals surface area contributed by atoms with Gasteiger partial charge in [-0.3, -0.25) is 0 Å². The highest BCUT2D eigenvalue weighted by Crippen LogP contribution is 2.32. The molecule has 0 radical (unpaired) electrons. The van der Waals surface area contributed by atoms with Crippen molar-refractivity contribution in [2.75, 3.05) is 6.61 Å². The van der Waals surface area contributed by atoms with E-state index in [0.29, 0.717) is 6.61 Å². The summed E-state index contributed by atoms with van der Waals surface area (Å²) in [4.78, 5) is 0. The number of nitrogens with two attached hydrogens (primary N) is 1. The van der Waals surface area contributed by atoms with E-state index in [1.807, 2.05) is 24.3 Å². The largest absolute Gasteiger partial charge is 0.487 e. The number of ether oxygens (including phenoxy) is 1. The lowest BCUT2D eigenvalue weighted by Crippen LogP contribution is -2.13. The van der Waals surface area contributed by atoms with Crippen LogP contribution in [0.15, 0.2) is 42.1 Å². The van der Waals surface area contributed by atoms with E-state index in [0.717, 1.165) is 17.0 Å². The lowest BCUT2D eigenvalue weighted by atomic mass is 10.0. The van der Waals surface area contributed by atoms with Gasteiger partial charge in [-0.1, -0.05) is 30.3 Å². The quantitative estimate of drug-likeness (QED) is 0.704. The summed E-state index contributed by atoms with van der Waals surface area (Å²) in [6, 6.07) is 12.3. The van der Waals surface area contributed by atoms with Crippen molar-refractivity contribution < 1.29 is 4.74 Å². The second kappa shape index (κ2) is 3.02. The third kappa shape index (κ3) is 1.26. The first-order chi connectivity index (χ1) is 7.34. The van der Waals surface area contributed by atoms with Gasteiger partial charge in [0, 0.05) is 11.3 Å². The fraction of sp³-hybridized carbons (Fsp3) is 0.0769. The Labute approximate surface area is 88.0 Å². The zero-order valence-corrected chi connectivity index (χ0v) is 8.23. The molecule has 0 unspecified atom stereocenters. The smallest absolute Gasteiger partial charge is 0.128 e. The molecule has 74 valence electrons. The molecule has 0 spiro atoms. The molecule has 0 fully saturated rings. The highest BCUT2D eigenvalue weighted by atomic mass is 16.5. The van der Waals surface area contributed by atoms with E-state index in [2.05, 4.69) is 18.2 Å². The van der Waals surface area contributed by atoms with E-state index < -0.39 is 0 Å². The topological polar surface area (TPSA) is 35.2 Å². The molecule has 2 N–H and O–H groups in total. The number of benzene rings is 2. The molecular formula is C13H11NO. The summed E-state index contributed by atoms with van der Waals surface area (Å²) < 4.78 is 5.55. The van der Waals surface area contributed by atoms with Crippen LogP contribution in [0.2, 0.25) is 0 Å². The van der Waals surface area contributed by atoms with Gasteiger partial charge < -0.3 is 10.5 Å². The molecule has 0 aliphatic carbocycles. The van der Waals surface area contributed by atoms with Crippen LogP contribution in [-0.4, -0.2) is 6.61 Å². The number of hydrogen-bond acceptors (Lipinski definition) is 2. The molecule has 2 aromatic carbocycles. The van der Waals surface area contributed by atoms with E-state index >= 15 is 0 Å². The van der Waals surface area contributed by atoms with Gasteiger partial charge in [-0.2, -0.15) is 0 Å². The first-order valence-corrected chi connectivity index (χ1v) is 4.95. The maximum Gasteiger partial charge on any atom is 0.128 e. The molecule has 2 aromatic rings. The Morgan fingerprint density at radius 2 is 1.93 bits per heavy atom. The van der Waals surface area contributed by atoms with Crippen molar-refractivity contribution in [1.29, 1.82) is 0 Å². The predicted octanol–water partition coefficient (Wildman–Crippen LogP) is 2.53. The van der Waals surface area contributed by atoms with E-state index in [9.17, 15) is 0 Å². The summed E-state index contributed by atoms with van der Waals surface area (Å²) in [5.74, 6) is 0.919. The van der Waals surface area contributed by atoms with Crippen LogP contribution < -0.4 is 10.5 Å². The summed E-state index contributed by atoms with van der Waals surface area (Å²) in [7, 11) is 0. The van der Waals surface area contributed by atoms with Crippen LogP contribution in [0.25, 0.3) is 16.8 Å². The van der Waals surface area contributed by atoms with Gasteiger partial charge in [-0.25, -0.2) is 0 Å². The van der Waals surface area contributed by atoms with E-state index in [1.165, 1.54) is 10.8 Å². The second-order valence-electron chi connectivity index (χ2n) is 3.71. The van der Waals surface area contributed by atoms with Gasteiger partial charge in [0.05, 0.1) is 0 Å². The van der Waals surface area contributed by atoms with Gasteiger partial charge >= 0.3 is 0 Å². The lowest BCUT2D eigenvalue weighted by molar-refractivity contribution is 0.346. The zero-order chi connectivity index (χ0) is 10.3. The zero-order valence-electron chi connectivity index (χ0n) is 8.23. The van der Waals surface area contributed by atoms with Gasteiger partial charge in [0.15, 0.2) is 0 Å². The fourth-order valence-electron chi connectivity index (χ4n) is 1.94. The van der Waals surface area contributed by atoms with Crippen molar-refractivity contribution >= 4 is 16.8 Å². The van der Waals surface area contributed by atoms with Crippen molar-refractivity contribution in [2.45, 2.75) is 0 Å². The Balaban J connectivity index is 2.39. The lowest BCUT2D eigenvalue weighted by Gasteiger charge is -2.17. The molecule has 2 heteroatoms. The fourth-order valence-corrected chi connectivity index (χ4v) is 1.94. The molecule has 0 saturated carbocycles. The Hall–Kier alpha value is -1.96. The first kappa shape index (κ1) is 8.36. The van der Waals surface area contributed by atoms with Gasteiger partial charge in [0.25, 0.3) is 0 Å². The van der Waals surface area contributed by atoms with Crippen molar-refractivity contribution in [3.63, 3.8) is 0 Å². The van der Waals surface area contributed by atoms with Gasteiger partial charge in [0.1, 0.15) is 12.4 Å². The molecule has 15 heavy (non-hydrogen) atoms. The maximum absolute atomic E-state index is 5.78. The third-order valence-electron chi connectivity index (χ3n) is 2.65. The van der Waals surface area contributed by atoms with Crippen LogP contribution >= 0.6 is 0 Å². The molecule has 1 aliphatic heterocycles. The van der Waals surface area contributed by atoms with Crippen LogP contribution in [0.1, 0.15) is 5.56 Å². The summed E-state index contributed by atoms with van der Waals surface area (Å²) >= 11 is 0. The van der Waals surface area contributed by atoms with Gasteiger partial charge in [-0.05, 0) is 22.9 Å². The van der Waals surface area contributed by atoms with Gasteiger partial charge in [0.2, 0.25) is 0 Å². The molecule has 0 saturated heterocycles. The highest BCUT2D eigenvalue weighted by Gasteiger charge is 2.11. The molecule has 0 atom stereocenters. The summed E-state index contributed by atoms with van der Waals surface area (Å²) in [5.41, 5.74) is 7.65. The van der Waals surface area contributed by atoms with Crippen LogP contribution in [-0.2, 0) is 0 Å². The molecule has 1 heterocycles. The molecule has 2 nitrogen and oxygen atoms in total. The second-order valence-corrected chi connectivity index (χ2v) is 3.71. The minimum atomic E-state index is 0.491. The van der Waals surface area contributed by atoms with E-state index in [4.69, 9.17) is 10.5 Å². The molecule has 0 amide bonds. The summed E-state index contributed by atoms with van der Waals surface area (Å²) in [6.45, 7) is 0.491. The van der Waals surface area contributed by atoms with Crippen molar-refractivity contribution in [2.24, 2.45) is 5.73 Å². The minimum absolute atomic E-state index is 0.491. The van der Waals surface area contributed by atoms with Crippen molar-refractivity contribution in [3.05, 3.63) is 47.7 Å². The van der Waals surface area contributed by atoms with Crippen LogP contribution in [0.4, 0.5) is 0 Å². The normalized spacial score (nSPS) is 14.3. The Kier molecular flexibility index (Phi) is 1.68.